The second-order valence-corrected chi connectivity index (χ2v) is 5.39. The molecule has 2 unspecified atom stereocenters. The van der Waals surface area contributed by atoms with Crippen LogP contribution in [-0.2, 0) is 0 Å². The molecule has 1 N–H and O–H groups in total. The van der Waals surface area contributed by atoms with Crippen molar-refractivity contribution in [2.24, 2.45) is 5.92 Å². The Kier molecular flexibility index (Phi) is 4.44. The van der Waals surface area contributed by atoms with Gasteiger partial charge in [0.1, 0.15) is 5.69 Å². The van der Waals surface area contributed by atoms with Gasteiger partial charge in [0, 0.05) is 12.6 Å². The van der Waals surface area contributed by atoms with Gasteiger partial charge in [-0.25, -0.2) is 0 Å². The number of nitrogens with zero attached hydrogens (tertiary/aromatic N) is 2. The number of nitrogens with one attached hydrogen (secondary N) is 1. The van der Waals surface area contributed by atoms with E-state index in [1.807, 2.05) is 0 Å². The number of ether oxygens (including phenoxy) is 1. The molecule has 2 rings (SSSR count). The fourth-order valence-corrected chi connectivity index (χ4v) is 2.76. The lowest BCUT2D eigenvalue weighted by molar-refractivity contribution is -0.384. The minimum absolute atomic E-state index is 0.0149. The van der Waals surface area contributed by atoms with Crippen LogP contribution >= 0.6 is 0 Å². The van der Waals surface area contributed by atoms with Gasteiger partial charge in [-0.2, -0.15) is 0 Å². The van der Waals surface area contributed by atoms with E-state index in [1.54, 1.807) is 18.2 Å². The summed E-state index contributed by atoms with van der Waals surface area (Å²) >= 11 is 0. The Morgan fingerprint density at radius 2 is 2.25 bits per heavy atom. The first-order valence-electron chi connectivity index (χ1n) is 6.79. The highest BCUT2D eigenvalue weighted by molar-refractivity contribution is 5.68. The Balaban J connectivity index is 2.23. The van der Waals surface area contributed by atoms with E-state index in [9.17, 15) is 10.1 Å². The van der Waals surface area contributed by atoms with E-state index in [2.05, 4.69) is 24.2 Å². The van der Waals surface area contributed by atoms with E-state index < -0.39 is 0 Å². The maximum absolute atomic E-state index is 11.3. The number of anilines is 1. The fourth-order valence-electron chi connectivity index (χ4n) is 2.76. The molecule has 1 aliphatic rings. The Bertz CT molecular complexity index is 493. The highest BCUT2D eigenvalue weighted by Crippen LogP contribution is 2.35. The number of nitro groups is 1. The molecule has 0 aliphatic carbocycles. The summed E-state index contributed by atoms with van der Waals surface area (Å²) in [6.45, 7) is 4.16. The lowest BCUT2D eigenvalue weighted by atomic mass is 9.94. The number of rotatable bonds is 4. The summed E-state index contributed by atoms with van der Waals surface area (Å²) in [5.41, 5.74) is 0.553. The Morgan fingerprint density at radius 3 is 2.85 bits per heavy atom. The summed E-state index contributed by atoms with van der Waals surface area (Å²) in [5, 5.41) is 14.6. The van der Waals surface area contributed by atoms with Gasteiger partial charge >= 0.3 is 5.69 Å². The molecule has 1 aromatic carbocycles. The van der Waals surface area contributed by atoms with E-state index in [0.717, 1.165) is 19.5 Å². The molecule has 6 heteroatoms. The van der Waals surface area contributed by atoms with Crippen molar-refractivity contribution in [3.8, 4) is 5.75 Å². The van der Waals surface area contributed by atoms with Gasteiger partial charge in [-0.3, -0.25) is 10.1 Å². The summed E-state index contributed by atoms with van der Waals surface area (Å²) in [5.74, 6) is 0.736. The molecule has 110 valence electrons. The predicted octanol–water partition coefficient (Wildman–Crippen LogP) is 2.36. The largest absolute Gasteiger partial charge is 0.490 e. The van der Waals surface area contributed by atoms with E-state index >= 15 is 0 Å². The SMILES string of the molecule is COc1cccc(NC2CCN(C)CC2C)c1[N+](=O)[O-]. The minimum Gasteiger partial charge on any atom is -0.490 e. The lowest BCUT2D eigenvalue weighted by Crippen LogP contribution is -2.43. The number of hydrogen-bond donors (Lipinski definition) is 1. The maximum Gasteiger partial charge on any atom is 0.333 e. The van der Waals surface area contributed by atoms with Gasteiger partial charge in [0.2, 0.25) is 0 Å². The first-order valence-corrected chi connectivity index (χ1v) is 6.79. The number of nitro benzene ring substituents is 1. The maximum atomic E-state index is 11.3. The quantitative estimate of drug-likeness (QED) is 0.677. The molecular weight excluding hydrogens is 258 g/mol. The van der Waals surface area contributed by atoms with Crippen LogP contribution in [0.5, 0.6) is 5.75 Å². The van der Waals surface area contributed by atoms with Crippen molar-refractivity contribution >= 4 is 11.4 Å². The molecule has 20 heavy (non-hydrogen) atoms. The second-order valence-electron chi connectivity index (χ2n) is 5.39. The van der Waals surface area contributed by atoms with Crippen molar-refractivity contribution in [1.82, 2.24) is 4.90 Å². The van der Waals surface area contributed by atoms with Gasteiger partial charge in [-0.15, -0.1) is 0 Å². The van der Waals surface area contributed by atoms with Crippen LogP contribution in [0.2, 0.25) is 0 Å². The summed E-state index contributed by atoms with van der Waals surface area (Å²) < 4.78 is 5.09. The number of likely N-dealkylation sites (tertiary alicyclic amines) is 1. The molecular formula is C14H21N3O3. The highest BCUT2D eigenvalue weighted by Gasteiger charge is 2.27. The van der Waals surface area contributed by atoms with Crippen molar-refractivity contribution in [1.29, 1.82) is 0 Å². The van der Waals surface area contributed by atoms with Crippen LogP contribution in [0.15, 0.2) is 18.2 Å². The van der Waals surface area contributed by atoms with Gasteiger partial charge in [-0.05, 0) is 38.1 Å². The number of benzene rings is 1. The zero-order valence-electron chi connectivity index (χ0n) is 12.1. The van der Waals surface area contributed by atoms with Crippen molar-refractivity contribution in [2.45, 2.75) is 19.4 Å². The van der Waals surface area contributed by atoms with Gasteiger partial charge in [0.25, 0.3) is 0 Å². The number of piperidine rings is 1. The summed E-state index contributed by atoms with van der Waals surface area (Å²) in [4.78, 5) is 13.1. The zero-order chi connectivity index (χ0) is 14.7. The topological polar surface area (TPSA) is 67.6 Å². The molecule has 0 bridgehead atoms. The van der Waals surface area contributed by atoms with Crippen LogP contribution in [0, 0.1) is 16.0 Å². The third kappa shape index (κ3) is 3.01. The summed E-state index contributed by atoms with van der Waals surface area (Å²) in [7, 11) is 3.55. The zero-order valence-corrected chi connectivity index (χ0v) is 12.1. The standard InChI is InChI=1S/C14H21N3O3/c1-10-9-16(2)8-7-11(10)15-12-5-4-6-13(20-3)14(12)17(18)19/h4-6,10-11,15H,7-9H2,1-3H3. The Labute approximate surface area is 118 Å². The van der Waals surface area contributed by atoms with Crippen LogP contribution in [0.1, 0.15) is 13.3 Å². The number of para-hydroxylation sites is 1. The monoisotopic (exact) mass is 279 g/mol. The molecule has 1 fully saturated rings. The third-order valence-electron chi connectivity index (χ3n) is 3.85. The molecule has 2 atom stereocenters. The van der Waals surface area contributed by atoms with Crippen LogP contribution in [0.4, 0.5) is 11.4 Å². The van der Waals surface area contributed by atoms with Gasteiger partial charge in [0.05, 0.1) is 12.0 Å². The molecule has 0 amide bonds. The van der Waals surface area contributed by atoms with E-state index in [1.165, 1.54) is 7.11 Å². The van der Waals surface area contributed by atoms with Crippen molar-refractivity contribution < 1.29 is 9.66 Å². The second kappa shape index (κ2) is 6.09. The average Bonchev–Trinajstić information content (AvgIpc) is 2.41. The first-order chi connectivity index (χ1) is 9.52. The minimum atomic E-state index is -0.388. The summed E-state index contributed by atoms with van der Waals surface area (Å²) in [6, 6.07) is 5.37. The van der Waals surface area contributed by atoms with Crippen LogP contribution in [0.3, 0.4) is 0 Å². The van der Waals surface area contributed by atoms with Gasteiger partial charge in [-0.1, -0.05) is 13.0 Å². The van der Waals surface area contributed by atoms with Crippen LogP contribution in [-0.4, -0.2) is 43.1 Å². The molecule has 1 aromatic rings. The normalized spacial score (nSPS) is 23.4. The third-order valence-corrected chi connectivity index (χ3v) is 3.85. The predicted molar refractivity (Wildman–Crippen MR) is 78.3 cm³/mol. The molecule has 1 saturated heterocycles. The van der Waals surface area contributed by atoms with Crippen LogP contribution < -0.4 is 10.1 Å². The molecule has 0 aromatic heterocycles. The highest BCUT2D eigenvalue weighted by atomic mass is 16.6. The molecule has 6 nitrogen and oxygen atoms in total. The average molecular weight is 279 g/mol. The smallest absolute Gasteiger partial charge is 0.333 e. The summed E-state index contributed by atoms with van der Waals surface area (Å²) in [6.07, 6.45) is 0.978. The van der Waals surface area contributed by atoms with Crippen LogP contribution in [0.25, 0.3) is 0 Å². The van der Waals surface area contributed by atoms with E-state index in [-0.39, 0.29) is 16.7 Å². The van der Waals surface area contributed by atoms with Gasteiger partial charge in [0.15, 0.2) is 5.75 Å². The van der Waals surface area contributed by atoms with Crippen molar-refractivity contribution in [3.05, 3.63) is 28.3 Å². The van der Waals surface area contributed by atoms with Gasteiger partial charge < -0.3 is 15.0 Å². The Hall–Kier alpha value is -1.82. The molecule has 1 aliphatic heterocycles. The lowest BCUT2D eigenvalue weighted by Gasteiger charge is -2.35. The molecule has 0 spiro atoms. The van der Waals surface area contributed by atoms with E-state index in [0.29, 0.717) is 17.4 Å². The molecule has 0 saturated carbocycles. The molecule has 1 heterocycles. The van der Waals surface area contributed by atoms with E-state index in [4.69, 9.17) is 4.74 Å². The number of methoxy groups -OCH3 is 1. The van der Waals surface area contributed by atoms with Crippen molar-refractivity contribution in [2.75, 3.05) is 32.6 Å². The number of hydrogen-bond acceptors (Lipinski definition) is 5. The van der Waals surface area contributed by atoms with Crippen molar-refractivity contribution in [3.63, 3.8) is 0 Å². The molecule has 0 radical (unpaired) electrons. The first kappa shape index (κ1) is 14.6. The Morgan fingerprint density at radius 1 is 1.50 bits per heavy atom. The fraction of sp³-hybridized carbons (Fsp3) is 0.571.